The van der Waals surface area contributed by atoms with Crippen LogP contribution in [0.2, 0.25) is 0 Å². The molecular formula is C24H22N2O4. The lowest BCUT2D eigenvalue weighted by molar-refractivity contribution is -0.116. The van der Waals surface area contributed by atoms with Crippen LogP contribution >= 0.6 is 0 Å². The summed E-state index contributed by atoms with van der Waals surface area (Å²) >= 11 is 0. The van der Waals surface area contributed by atoms with E-state index in [2.05, 4.69) is 5.32 Å². The lowest BCUT2D eigenvalue weighted by Crippen LogP contribution is -2.28. The Labute approximate surface area is 174 Å². The molecule has 0 saturated heterocycles. The summed E-state index contributed by atoms with van der Waals surface area (Å²) in [5.74, 6) is -0.629. The number of amides is 2. The highest BCUT2D eigenvalue weighted by molar-refractivity contribution is 6.25. The van der Waals surface area contributed by atoms with E-state index in [4.69, 9.17) is 4.74 Å². The summed E-state index contributed by atoms with van der Waals surface area (Å²) in [6, 6.07) is 16.7. The van der Waals surface area contributed by atoms with Crippen LogP contribution in [0, 0.1) is 6.92 Å². The second-order valence-electron chi connectivity index (χ2n) is 7.26. The summed E-state index contributed by atoms with van der Waals surface area (Å²) in [4.78, 5) is 38.8. The van der Waals surface area contributed by atoms with Crippen molar-refractivity contribution >= 4 is 39.9 Å². The Morgan fingerprint density at radius 1 is 1.03 bits per heavy atom. The maximum atomic E-state index is 12.8. The Hall–Kier alpha value is -3.67. The molecule has 1 aliphatic rings. The number of hydrogen-bond donors (Lipinski definition) is 1. The van der Waals surface area contributed by atoms with Gasteiger partial charge in [-0.1, -0.05) is 30.3 Å². The molecule has 0 spiro atoms. The van der Waals surface area contributed by atoms with Crippen molar-refractivity contribution in [1.29, 1.82) is 0 Å². The van der Waals surface area contributed by atoms with Gasteiger partial charge in [-0.25, -0.2) is 4.79 Å². The minimum absolute atomic E-state index is 0.0242. The third-order valence-corrected chi connectivity index (χ3v) is 5.45. The normalized spacial score (nSPS) is 12.3. The molecule has 0 unspecified atom stereocenters. The van der Waals surface area contributed by atoms with E-state index in [0.717, 1.165) is 16.5 Å². The Bertz CT molecular complexity index is 1160. The van der Waals surface area contributed by atoms with Crippen LogP contribution in [-0.4, -0.2) is 31.4 Å². The van der Waals surface area contributed by atoms with Crippen molar-refractivity contribution < 1.29 is 19.1 Å². The first-order valence-electron chi connectivity index (χ1n) is 9.82. The van der Waals surface area contributed by atoms with Gasteiger partial charge < -0.3 is 15.0 Å². The minimum Gasteiger partial charge on any atom is -0.465 e. The molecule has 0 atom stereocenters. The van der Waals surface area contributed by atoms with Crippen molar-refractivity contribution in [2.24, 2.45) is 0 Å². The highest BCUT2D eigenvalue weighted by atomic mass is 16.5. The van der Waals surface area contributed by atoms with Crippen molar-refractivity contribution in [1.82, 2.24) is 0 Å². The summed E-state index contributed by atoms with van der Waals surface area (Å²) in [5.41, 5.74) is 3.27. The Morgan fingerprint density at radius 2 is 1.77 bits per heavy atom. The number of methoxy groups -OCH3 is 1. The SMILES string of the molecule is COC(=O)c1cccc(NC(=O)CCCN2C(=O)c3cccc4cccc2c34)c1C. The van der Waals surface area contributed by atoms with Crippen molar-refractivity contribution in [3.05, 3.63) is 71.3 Å². The highest BCUT2D eigenvalue weighted by Gasteiger charge is 2.29. The van der Waals surface area contributed by atoms with E-state index in [9.17, 15) is 14.4 Å². The van der Waals surface area contributed by atoms with Gasteiger partial charge in [-0.15, -0.1) is 0 Å². The fourth-order valence-electron chi connectivity index (χ4n) is 3.91. The van der Waals surface area contributed by atoms with Crippen molar-refractivity contribution in [3.8, 4) is 0 Å². The number of rotatable bonds is 6. The fourth-order valence-corrected chi connectivity index (χ4v) is 3.91. The van der Waals surface area contributed by atoms with Gasteiger partial charge in [0.1, 0.15) is 0 Å². The van der Waals surface area contributed by atoms with Gasteiger partial charge in [0.2, 0.25) is 5.91 Å². The molecule has 0 bridgehead atoms. The van der Waals surface area contributed by atoms with E-state index in [1.54, 1.807) is 30.0 Å². The van der Waals surface area contributed by atoms with Crippen molar-refractivity contribution in [2.45, 2.75) is 19.8 Å². The summed E-state index contributed by atoms with van der Waals surface area (Å²) in [5, 5.41) is 4.87. The fraction of sp³-hybridized carbons (Fsp3) is 0.208. The summed E-state index contributed by atoms with van der Waals surface area (Å²) in [6.07, 6.45) is 0.787. The van der Waals surface area contributed by atoms with Gasteiger partial charge in [-0.05, 0) is 48.6 Å². The maximum absolute atomic E-state index is 12.8. The molecule has 0 fully saturated rings. The van der Waals surface area contributed by atoms with Gasteiger partial charge in [-0.3, -0.25) is 9.59 Å². The monoisotopic (exact) mass is 402 g/mol. The zero-order chi connectivity index (χ0) is 21.3. The van der Waals surface area contributed by atoms with E-state index in [1.165, 1.54) is 7.11 Å². The third-order valence-electron chi connectivity index (χ3n) is 5.45. The number of esters is 1. The zero-order valence-corrected chi connectivity index (χ0v) is 16.9. The second-order valence-corrected chi connectivity index (χ2v) is 7.26. The third kappa shape index (κ3) is 3.41. The molecule has 4 rings (SSSR count). The van der Waals surface area contributed by atoms with Gasteiger partial charge in [0.05, 0.1) is 18.4 Å². The number of benzene rings is 3. The molecule has 0 saturated carbocycles. The smallest absolute Gasteiger partial charge is 0.338 e. The summed E-state index contributed by atoms with van der Waals surface area (Å²) < 4.78 is 4.77. The summed E-state index contributed by atoms with van der Waals surface area (Å²) in [6.45, 7) is 2.23. The number of anilines is 2. The maximum Gasteiger partial charge on any atom is 0.338 e. The lowest BCUT2D eigenvalue weighted by atomic mass is 10.1. The Morgan fingerprint density at radius 3 is 2.53 bits per heavy atom. The van der Waals surface area contributed by atoms with E-state index >= 15 is 0 Å². The predicted octanol–water partition coefficient (Wildman–Crippen LogP) is 4.31. The number of carbonyl (C=O) groups excluding carboxylic acids is 3. The molecule has 30 heavy (non-hydrogen) atoms. The number of nitrogens with zero attached hydrogens (tertiary/aromatic N) is 1. The molecule has 0 radical (unpaired) electrons. The van der Waals surface area contributed by atoms with Crippen LogP contribution in [0.3, 0.4) is 0 Å². The van der Waals surface area contributed by atoms with Crippen LogP contribution in [0.4, 0.5) is 11.4 Å². The van der Waals surface area contributed by atoms with Crippen LogP contribution in [0.25, 0.3) is 10.8 Å². The largest absolute Gasteiger partial charge is 0.465 e. The first-order chi connectivity index (χ1) is 14.5. The van der Waals surface area contributed by atoms with E-state index < -0.39 is 5.97 Å². The first-order valence-corrected chi connectivity index (χ1v) is 9.82. The molecule has 6 nitrogen and oxygen atoms in total. The molecule has 2 amide bonds. The number of ether oxygens (including phenoxy) is 1. The van der Waals surface area contributed by atoms with Crippen LogP contribution in [0.5, 0.6) is 0 Å². The van der Waals surface area contributed by atoms with Gasteiger partial charge in [0.15, 0.2) is 0 Å². The molecule has 0 aliphatic carbocycles. The Kier molecular flexibility index (Phi) is 5.23. The van der Waals surface area contributed by atoms with Crippen LogP contribution in [-0.2, 0) is 9.53 Å². The number of hydrogen-bond acceptors (Lipinski definition) is 4. The molecule has 1 N–H and O–H groups in total. The van der Waals surface area contributed by atoms with E-state index in [1.807, 2.05) is 36.4 Å². The van der Waals surface area contributed by atoms with E-state index in [-0.39, 0.29) is 18.2 Å². The lowest BCUT2D eigenvalue weighted by Gasteiger charge is -2.17. The molecule has 3 aromatic carbocycles. The molecule has 3 aromatic rings. The van der Waals surface area contributed by atoms with Gasteiger partial charge >= 0.3 is 5.97 Å². The second kappa shape index (κ2) is 7.99. The van der Waals surface area contributed by atoms with Gasteiger partial charge in [-0.2, -0.15) is 0 Å². The van der Waals surface area contributed by atoms with Crippen molar-refractivity contribution in [3.63, 3.8) is 0 Å². The zero-order valence-electron chi connectivity index (χ0n) is 16.9. The average Bonchev–Trinajstić information content (AvgIpc) is 3.03. The van der Waals surface area contributed by atoms with Crippen LogP contribution in [0.15, 0.2) is 54.6 Å². The summed E-state index contributed by atoms with van der Waals surface area (Å²) in [7, 11) is 1.32. The van der Waals surface area contributed by atoms with Crippen molar-refractivity contribution in [2.75, 3.05) is 23.9 Å². The number of nitrogens with one attached hydrogen (secondary N) is 1. The molecule has 1 heterocycles. The highest BCUT2D eigenvalue weighted by Crippen LogP contribution is 2.37. The average molecular weight is 402 g/mol. The minimum atomic E-state index is -0.440. The molecular weight excluding hydrogens is 380 g/mol. The standard InChI is InChI=1S/C24H22N2O4/c1-15-17(24(29)30-2)9-5-11-19(15)25-21(27)13-6-14-26-20-12-4-8-16-7-3-10-18(22(16)20)23(26)28/h3-5,7-12H,6,13-14H2,1-2H3,(H,25,27). The quantitative estimate of drug-likeness (QED) is 0.623. The molecule has 152 valence electrons. The van der Waals surface area contributed by atoms with Crippen LogP contribution < -0.4 is 10.2 Å². The van der Waals surface area contributed by atoms with E-state index in [0.29, 0.717) is 35.3 Å². The first kappa shape index (κ1) is 19.6. The predicted molar refractivity (Wildman–Crippen MR) is 116 cm³/mol. The molecule has 0 aromatic heterocycles. The topological polar surface area (TPSA) is 75.7 Å². The molecule has 6 heteroatoms. The van der Waals surface area contributed by atoms with Gasteiger partial charge in [0.25, 0.3) is 5.91 Å². The molecule has 1 aliphatic heterocycles. The number of carbonyl (C=O) groups is 3. The van der Waals surface area contributed by atoms with Gasteiger partial charge in [0, 0.05) is 29.6 Å². The van der Waals surface area contributed by atoms with Crippen LogP contribution in [0.1, 0.15) is 39.1 Å². The Balaban J connectivity index is 1.40.